The van der Waals surface area contributed by atoms with Gasteiger partial charge in [0.05, 0.1) is 13.7 Å². The minimum atomic E-state index is -1.34. The maximum absolute atomic E-state index is 6.24. The Bertz CT molecular complexity index is 2180. The molecular weight excluding hydrogens is 795 g/mol. The normalized spacial score (nSPS) is 11.7. The van der Waals surface area contributed by atoms with Crippen LogP contribution in [0.25, 0.3) is 55.7 Å². The second kappa shape index (κ2) is 14.7. The molecule has 49 heavy (non-hydrogen) atoms. The molecule has 0 saturated carbocycles. The number of nitrogens with zero attached hydrogens (tertiary/aromatic N) is 3. The van der Waals surface area contributed by atoms with Gasteiger partial charge >= 0.3 is 0 Å². The van der Waals surface area contributed by atoms with Gasteiger partial charge in [-0.1, -0.05) is 113 Å². The summed E-state index contributed by atoms with van der Waals surface area (Å²) in [5.41, 5.74) is 10.2. The molecule has 0 N–H and O–H groups in total. The first-order chi connectivity index (χ1) is 22.9. The summed E-state index contributed by atoms with van der Waals surface area (Å²) in [7, 11) is -1.34. The molecule has 0 aliphatic carbocycles. The van der Waals surface area contributed by atoms with E-state index in [2.05, 4.69) is 124 Å². The molecule has 0 spiro atoms. The van der Waals surface area contributed by atoms with E-state index in [0.29, 0.717) is 11.6 Å². The van der Waals surface area contributed by atoms with Crippen molar-refractivity contribution in [3.63, 3.8) is 0 Å². The predicted molar refractivity (Wildman–Crippen MR) is 203 cm³/mol. The van der Waals surface area contributed by atoms with E-state index in [0.717, 1.165) is 50.0 Å². The number of hydrogen-bond donors (Lipinski definition) is 0. The van der Waals surface area contributed by atoms with E-state index in [1.165, 1.54) is 16.3 Å². The third kappa shape index (κ3) is 7.83. The molecule has 251 valence electrons. The molecule has 0 atom stereocenters. The molecule has 0 amide bonds. The summed E-state index contributed by atoms with van der Waals surface area (Å²) >= 11 is 0. The van der Waals surface area contributed by atoms with E-state index in [9.17, 15) is 0 Å². The first-order valence-corrected chi connectivity index (χ1v) is 20.1. The third-order valence-corrected chi connectivity index (χ3v) is 10.7. The zero-order valence-electron chi connectivity index (χ0n) is 29.6. The van der Waals surface area contributed by atoms with Gasteiger partial charge in [-0.3, -0.25) is 0 Å². The standard InChI is InChI=1S/C26H21N2O.C17H22NSi.Ir/c1-26(2,3)18-12-14-27-22(16-18)20-10-7-11-21-23-19(17-8-5-4-6-9-17)13-15-28-25(23)29-24(20)21;1-13(2)15-11-16(14-9-7-6-8-10-14)18-12-17(15)19(3,4)5;/h4-9,11-16H,1-3H3;6-9,11-13H,1-5H3;/q2*-1;. The van der Waals surface area contributed by atoms with Gasteiger partial charge in [-0.2, -0.15) is 0 Å². The van der Waals surface area contributed by atoms with E-state index in [4.69, 9.17) is 4.42 Å². The fraction of sp³-hybridized carbons (Fsp3) is 0.233. The summed E-state index contributed by atoms with van der Waals surface area (Å²) < 4.78 is 6.24. The number of pyridine rings is 3. The topological polar surface area (TPSA) is 51.8 Å². The van der Waals surface area contributed by atoms with E-state index in [1.807, 2.05) is 60.8 Å². The molecule has 3 aromatic carbocycles. The summed E-state index contributed by atoms with van der Waals surface area (Å²) in [5.74, 6) is 0.534. The summed E-state index contributed by atoms with van der Waals surface area (Å²) in [6.07, 6.45) is 5.76. The molecule has 0 bridgehead atoms. The van der Waals surface area contributed by atoms with Crippen molar-refractivity contribution < 1.29 is 24.5 Å². The molecule has 7 aromatic rings. The molecule has 4 aromatic heterocycles. The molecular formula is C43H43IrN3OSi-2. The maximum atomic E-state index is 6.24. The van der Waals surface area contributed by atoms with E-state index in [-0.39, 0.29) is 25.5 Å². The van der Waals surface area contributed by atoms with E-state index < -0.39 is 8.07 Å². The summed E-state index contributed by atoms with van der Waals surface area (Å²) in [5, 5.41) is 3.53. The smallest absolute Gasteiger partial charge is 0.216 e. The molecule has 7 rings (SSSR count). The zero-order valence-corrected chi connectivity index (χ0v) is 32.9. The van der Waals surface area contributed by atoms with Crippen LogP contribution in [0.5, 0.6) is 0 Å². The van der Waals surface area contributed by atoms with E-state index in [1.54, 1.807) is 6.20 Å². The van der Waals surface area contributed by atoms with Gasteiger partial charge in [-0.15, -0.1) is 54.1 Å². The van der Waals surface area contributed by atoms with Crippen LogP contribution >= 0.6 is 0 Å². The minimum Gasteiger partial charge on any atom is -0.486 e. The fourth-order valence-electron chi connectivity index (χ4n) is 6.02. The van der Waals surface area contributed by atoms with Crippen molar-refractivity contribution in [3.05, 3.63) is 133 Å². The number of furan rings is 1. The van der Waals surface area contributed by atoms with Gasteiger partial charge in [0.25, 0.3) is 0 Å². The SMILES string of the molecule is CC(C)(C)c1ccnc(-c2[c-]ccc3c2oc2nccc(-c4ccccc4)c23)c1.CC(C)c1cc(-c2[c-]cccc2)ncc1[Si](C)(C)C.[Ir]. The van der Waals surface area contributed by atoms with Crippen LogP contribution in [0.3, 0.4) is 0 Å². The Kier molecular flexibility index (Phi) is 10.8. The van der Waals surface area contributed by atoms with Crippen molar-refractivity contribution in [1.29, 1.82) is 0 Å². The van der Waals surface area contributed by atoms with Crippen molar-refractivity contribution in [2.45, 2.75) is 65.6 Å². The Balaban J connectivity index is 0.000000205. The van der Waals surface area contributed by atoms with Crippen LogP contribution in [-0.4, -0.2) is 23.0 Å². The summed E-state index contributed by atoms with van der Waals surface area (Å²) in [6.45, 7) is 18.3. The second-order valence-corrected chi connectivity index (χ2v) is 19.7. The third-order valence-electron chi connectivity index (χ3n) is 8.65. The van der Waals surface area contributed by atoms with Crippen LogP contribution in [-0.2, 0) is 25.5 Å². The Hall–Kier alpha value is -4.22. The average Bonchev–Trinajstić information content (AvgIpc) is 3.48. The van der Waals surface area contributed by atoms with Crippen molar-refractivity contribution in [2.24, 2.45) is 0 Å². The number of fused-ring (bicyclic) bond motifs is 3. The van der Waals surface area contributed by atoms with Gasteiger partial charge in [-0.05, 0) is 56.7 Å². The number of rotatable bonds is 5. The number of aromatic nitrogens is 3. The van der Waals surface area contributed by atoms with Gasteiger partial charge in [0.15, 0.2) is 0 Å². The van der Waals surface area contributed by atoms with Crippen molar-refractivity contribution in [2.75, 3.05) is 0 Å². The first kappa shape index (κ1) is 36.1. The Labute approximate surface area is 305 Å². The van der Waals surface area contributed by atoms with Crippen molar-refractivity contribution >= 4 is 35.3 Å². The predicted octanol–water partition coefficient (Wildman–Crippen LogP) is 11.0. The monoisotopic (exact) mass is 838 g/mol. The molecule has 4 heterocycles. The minimum absolute atomic E-state index is 0. The fourth-order valence-corrected chi connectivity index (χ4v) is 7.70. The van der Waals surface area contributed by atoms with Gasteiger partial charge < -0.3 is 14.4 Å². The van der Waals surface area contributed by atoms with E-state index >= 15 is 0 Å². The number of hydrogen-bond acceptors (Lipinski definition) is 4. The average molecular weight is 838 g/mol. The van der Waals surface area contributed by atoms with Crippen LogP contribution in [0.1, 0.15) is 51.7 Å². The quantitative estimate of drug-likeness (QED) is 0.128. The second-order valence-electron chi connectivity index (χ2n) is 14.6. The summed E-state index contributed by atoms with van der Waals surface area (Å²) in [4.78, 5) is 13.8. The van der Waals surface area contributed by atoms with Crippen LogP contribution in [0.4, 0.5) is 0 Å². The molecule has 0 unspecified atom stereocenters. The van der Waals surface area contributed by atoms with Gasteiger partial charge in [0.2, 0.25) is 5.71 Å². The number of benzene rings is 3. The molecule has 0 aliphatic heterocycles. The zero-order chi connectivity index (χ0) is 34.1. The van der Waals surface area contributed by atoms with Gasteiger partial charge in [0.1, 0.15) is 0 Å². The largest absolute Gasteiger partial charge is 0.486 e. The molecule has 0 saturated heterocycles. The van der Waals surface area contributed by atoms with Crippen LogP contribution in [0, 0.1) is 12.1 Å². The molecule has 4 nitrogen and oxygen atoms in total. The van der Waals surface area contributed by atoms with Crippen molar-refractivity contribution in [1.82, 2.24) is 15.0 Å². The molecule has 6 heteroatoms. The van der Waals surface area contributed by atoms with Gasteiger partial charge in [0, 0.05) is 44.1 Å². The molecule has 0 fully saturated rings. The van der Waals surface area contributed by atoms with Crippen LogP contribution in [0.15, 0.2) is 114 Å². The maximum Gasteiger partial charge on any atom is 0.216 e. The Morgan fingerprint density at radius 3 is 2.16 bits per heavy atom. The summed E-state index contributed by atoms with van der Waals surface area (Å²) in [6, 6.07) is 37.5. The first-order valence-electron chi connectivity index (χ1n) is 16.6. The Morgan fingerprint density at radius 1 is 0.755 bits per heavy atom. The molecule has 0 aliphatic rings. The Morgan fingerprint density at radius 2 is 1.49 bits per heavy atom. The molecule has 1 radical (unpaired) electrons. The van der Waals surface area contributed by atoms with Gasteiger partial charge in [-0.25, -0.2) is 4.98 Å². The van der Waals surface area contributed by atoms with Crippen molar-refractivity contribution in [3.8, 4) is 33.6 Å². The van der Waals surface area contributed by atoms with Crippen LogP contribution in [0.2, 0.25) is 19.6 Å². The van der Waals surface area contributed by atoms with Crippen LogP contribution < -0.4 is 5.19 Å².